The highest BCUT2D eigenvalue weighted by Gasteiger charge is 2.25. The molecule has 0 spiro atoms. The largest absolute Gasteiger partial charge is 0.493 e. The van der Waals surface area contributed by atoms with E-state index in [0.717, 1.165) is 25.2 Å². The summed E-state index contributed by atoms with van der Waals surface area (Å²) in [6, 6.07) is 6.79. The lowest BCUT2D eigenvalue weighted by Gasteiger charge is -2.25. The summed E-state index contributed by atoms with van der Waals surface area (Å²) < 4.78 is 5.84. The molecule has 18 heavy (non-hydrogen) atoms. The molecule has 0 fully saturated rings. The lowest BCUT2D eigenvalue weighted by molar-refractivity contribution is 0.315. The summed E-state index contributed by atoms with van der Waals surface area (Å²) >= 11 is 0. The summed E-state index contributed by atoms with van der Waals surface area (Å²) in [4.78, 5) is 0. The fraction of sp³-hybridized carbons (Fsp3) is 0.625. The van der Waals surface area contributed by atoms with Crippen LogP contribution >= 0.6 is 0 Å². The second-order valence-corrected chi connectivity index (χ2v) is 6.46. The molecule has 1 aromatic rings. The zero-order valence-corrected chi connectivity index (χ0v) is 12.0. The Hall–Kier alpha value is -1.02. The van der Waals surface area contributed by atoms with Crippen LogP contribution in [-0.4, -0.2) is 12.6 Å². The Balaban J connectivity index is 2.46. The van der Waals surface area contributed by atoms with Gasteiger partial charge in [0.15, 0.2) is 0 Å². The first-order valence-electron chi connectivity index (χ1n) is 6.92. The minimum atomic E-state index is 0.170. The quantitative estimate of drug-likeness (QED) is 0.823. The molecule has 100 valence electrons. The zero-order chi connectivity index (χ0) is 13.3. The topological polar surface area (TPSA) is 35.2 Å². The molecule has 2 unspecified atom stereocenters. The van der Waals surface area contributed by atoms with Crippen molar-refractivity contribution in [3.8, 4) is 5.75 Å². The van der Waals surface area contributed by atoms with Gasteiger partial charge in [-0.25, -0.2) is 0 Å². The molecule has 2 N–H and O–H groups in total. The lowest BCUT2D eigenvalue weighted by atomic mass is 9.82. The molecule has 0 saturated carbocycles. The SMILES string of the molecule is CC(N)C1CCCOc2ccc(C(C)(C)C)cc21. The number of rotatable bonds is 1. The fourth-order valence-electron chi connectivity index (χ4n) is 2.62. The average Bonchev–Trinajstić information content (AvgIpc) is 2.48. The number of benzene rings is 1. The van der Waals surface area contributed by atoms with Gasteiger partial charge in [0, 0.05) is 12.0 Å². The molecule has 1 aliphatic rings. The predicted molar refractivity (Wildman–Crippen MR) is 76.3 cm³/mol. The Bertz CT molecular complexity index is 418. The van der Waals surface area contributed by atoms with Crippen LogP contribution in [0.25, 0.3) is 0 Å². The van der Waals surface area contributed by atoms with E-state index in [1.807, 2.05) is 0 Å². The van der Waals surface area contributed by atoms with Crippen molar-refractivity contribution >= 4 is 0 Å². The normalized spacial score (nSPS) is 21.7. The van der Waals surface area contributed by atoms with Gasteiger partial charge in [0.2, 0.25) is 0 Å². The van der Waals surface area contributed by atoms with Crippen LogP contribution in [0.15, 0.2) is 18.2 Å². The van der Waals surface area contributed by atoms with Gasteiger partial charge >= 0.3 is 0 Å². The van der Waals surface area contributed by atoms with Crippen molar-refractivity contribution in [3.05, 3.63) is 29.3 Å². The highest BCUT2D eigenvalue weighted by molar-refractivity contribution is 5.43. The summed E-state index contributed by atoms with van der Waals surface area (Å²) in [6.07, 6.45) is 2.21. The van der Waals surface area contributed by atoms with Crippen molar-refractivity contribution in [3.63, 3.8) is 0 Å². The Labute approximate surface area is 111 Å². The summed E-state index contributed by atoms with van der Waals surface area (Å²) in [6.45, 7) is 9.64. The number of fused-ring (bicyclic) bond motifs is 1. The van der Waals surface area contributed by atoms with Gasteiger partial charge in [-0.2, -0.15) is 0 Å². The van der Waals surface area contributed by atoms with E-state index in [2.05, 4.69) is 45.9 Å². The van der Waals surface area contributed by atoms with Gasteiger partial charge in [-0.15, -0.1) is 0 Å². The van der Waals surface area contributed by atoms with E-state index >= 15 is 0 Å². The second kappa shape index (κ2) is 4.93. The maximum Gasteiger partial charge on any atom is 0.122 e. The first kappa shape index (κ1) is 13.4. The van der Waals surface area contributed by atoms with Crippen molar-refractivity contribution in [1.82, 2.24) is 0 Å². The molecule has 2 atom stereocenters. The van der Waals surface area contributed by atoms with Gasteiger partial charge in [-0.05, 0) is 42.4 Å². The van der Waals surface area contributed by atoms with Crippen LogP contribution in [0.5, 0.6) is 5.75 Å². The number of ether oxygens (including phenoxy) is 1. The van der Waals surface area contributed by atoms with Gasteiger partial charge in [-0.1, -0.05) is 32.9 Å². The van der Waals surface area contributed by atoms with E-state index in [4.69, 9.17) is 10.5 Å². The van der Waals surface area contributed by atoms with Crippen LogP contribution in [0.1, 0.15) is 57.6 Å². The zero-order valence-electron chi connectivity index (χ0n) is 12.0. The van der Waals surface area contributed by atoms with Crippen molar-refractivity contribution in [2.45, 2.75) is 57.9 Å². The van der Waals surface area contributed by atoms with E-state index < -0.39 is 0 Å². The summed E-state index contributed by atoms with van der Waals surface area (Å²) in [5.74, 6) is 1.45. The molecule has 0 radical (unpaired) electrons. The standard InChI is InChI=1S/C16H25NO/c1-11(17)13-6-5-9-18-15-8-7-12(10-14(13)15)16(2,3)4/h7-8,10-11,13H,5-6,9,17H2,1-4H3. The summed E-state index contributed by atoms with van der Waals surface area (Å²) in [5, 5.41) is 0. The minimum absolute atomic E-state index is 0.170. The van der Waals surface area contributed by atoms with Gasteiger partial charge in [0.1, 0.15) is 5.75 Å². The Kier molecular flexibility index (Phi) is 3.67. The van der Waals surface area contributed by atoms with Crippen molar-refractivity contribution < 1.29 is 4.74 Å². The van der Waals surface area contributed by atoms with Crippen LogP contribution in [0.2, 0.25) is 0 Å². The second-order valence-electron chi connectivity index (χ2n) is 6.46. The van der Waals surface area contributed by atoms with Crippen LogP contribution in [-0.2, 0) is 5.41 Å². The van der Waals surface area contributed by atoms with E-state index in [9.17, 15) is 0 Å². The maximum atomic E-state index is 6.15. The third-order valence-corrected chi connectivity index (χ3v) is 3.83. The number of nitrogens with two attached hydrogens (primary N) is 1. The van der Waals surface area contributed by atoms with Crippen molar-refractivity contribution in [2.24, 2.45) is 5.73 Å². The van der Waals surface area contributed by atoms with Crippen LogP contribution < -0.4 is 10.5 Å². The third-order valence-electron chi connectivity index (χ3n) is 3.83. The fourth-order valence-corrected chi connectivity index (χ4v) is 2.62. The van der Waals surface area contributed by atoms with E-state index in [1.165, 1.54) is 11.1 Å². The molecule has 0 aliphatic carbocycles. The molecule has 1 aliphatic heterocycles. The van der Waals surface area contributed by atoms with Crippen molar-refractivity contribution in [2.75, 3.05) is 6.61 Å². The third kappa shape index (κ3) is 2.69. The minimum Gasteiger partial charge on any atom is -0.493 e. The Morgan fingerprint density at radius 3 is 2.67 bits per heavy atom. The smallest absolute Gasteiger partial charge is 0.122 e. The lowest BCUT2D eigenvalue weighted by Crippen LogP contribution is -2.25. The van der Waals surface area contributed by atoms with Gasteiger partial charge in [-0.3, -0.25) is 0 Å². The molecule has 0 aromatic heterocycles. The Morgan fingerprint density at radius 1 is 1.33 bits per heavy atom. The van der Waals surface area contributed by atoms with Gasteiger partial charge < -0.3 is 10.5 Å². The van der Waals surface area contributed by atoms with Gasteiger partial charge in [0.25, 0.3) is 0 Å². The molecule has 2 rings (SSSR count). The predicted octanol–water partition coefficient (Wildman–Crippen LogP) is 3.59. The summed E-state index contributed by atoms with van der Waals surface area (Å²) in [5.41, 5.74) is 8.98. The van der Waals surface area contributed by atoms with E-state index in [1.54, 1.807) is 0 Å². The number of hydrogen-bond acceptors (Lipinski definition) is 2. The molecule has 1 aromatic carbocycles. The molecule has 0 bridgehead atoms. The van der Waals surface area contributed by atoms with Crippen LogP contribution in [0, 0.1) is 0 Å². The number of hydrogen-bond donors (Lipinski definition) is 1. The van der Waals surface area contributed by atoms with Gasteiger partial charge in [0.05, 0.1) is 6.61 Å². The summed E-state index contributed by atoms with van der Waals surface area (Å²) in [7, 11) is 0. The first-order valence-corrected chi connectivity index (χ1v) is 6.92. The first-order chi connectivity index (χ1) is 8.39. The molecule has 2 nitrogen and oxygen atoms in total. The molecular weight excluding hydrogens is 222 g/mol. The average molecular weight is 247 g/mol. The van der Waals surface area contributed by atoms with Crippen molar-refractivity contribution in [1.29, 1.82) is 0 Å². The highest BCUT2D eigenvalue weighted by Crippen LogP contribution is 2.37. The highest BCUT2D eigenvalue weighted by atomic mass is 16.5. The molecule has 2 heteroatoms. The maximum absolute atomic E-state index is 6.15. The monoisotopic (exact) mass is 247 g/mol. The molecule has 0 amide bonds. The van der Waals surface area contributed by atoms with Crippen LogP contribution in [0.3, 0.4) is 0 Å². The van der Waals surface area contributed by atoms with E-state index in [0.29, 0.717) is 5.92 Å². The Morgan fingerprint density at radius 2 is 2.06 bits per heavy atom. The molecule has 0 saturated heterocycles. The van der Waals surface area contributed by atoms with E-state index in [-0.39, 0.29) is 11.5 Å². The molecular formula is C16H25NO. The molecule has 1 heterocycles. The van der Waals surface area contributed by atoms with Crippen LogP contribution in [0.4, 0.5) is 0 Å².